The van der Waals surface area contributed by atoms with Crippen molar-refractivity contribution in [2.24, 2.45) is 4.40 Å². The SMILES string of the molecule is O=C(NCC(c1ccccc1)N1CCCC1)c1ccc2c(c1)S(=O)(=O)N=C1CCCCCN12. The number of hydrogen-bond acceptors (Lipinski definition) is 5. The highest BCUT2D eigenvalue weighted by Gasteiger charge is 2.32. The zero-order chi connectivity index (χ0) is 22.8. The summed E-state index contributed by atoms with van der Waals surface area (Å²) in [7, 11) is -3.81. The molecule has 0 radical (unpaired) electrons. The number of carbonyl (C=O) groups is 1. The predicted octanol–water partition coefficient (Wildman–Crippen LogP) is 3.73. The first-order chi connectivity index (χ1) is 16.0. The molecule has 8 heteroatoms. The van der Waals surface area contributed by atoms with Gasteiger partial charge in [-0.25, -0.2) is 0 Å². The van der Waals surface area contributed by atoms with Gasteiger partial charge in [-0.2, -0.15) is 8.42 Å². The quantitative estimate of drug-likeness (QED) is 0.726. The molecular formula is C25H30N4O3S. The molecule has 1 atom stereocenters. The van der Waals surface area contributed by atoms with Crippen molar-refractivity contribution in [3.63, 3.8) is 0 Å². The van der Waals surface area contributed by atoms with Crippen molar-refractivity contribution in [2.45, 2.75) is 49.5 Å². The van der Waals surface area contributed by atoms with E-state index in [1.165, 1.54) is 24.5 Å². The first kappa shape index (κ1) is 22.1. The molecule has 0 bridgehead atoms. The van der Waals surface area contributed by atoms with Crippen LogP contribution in [0.3, 0.4) is 0 Å². The summed E-state index contributed by atoms with van der Waals surface area (Å²) < 4.78 is 29.9. The fourth-order valence-electron chi connectivity index (χ4n) is 5.10. The van der Waals surface area contributed by atoms with E-state index in [0.29, 0.717) is 30.1 Å². The van der Waals surface area contributed by atoms with Gasteiger partial charge >= 0.3 is 0 Å². The number of fused-ring (bicyclic) bond motifs is 3. The minimum atomic E-state index is -3.81. The Bertz CT molecular complexity index is 1160. The van der Waals surface area contributed by atoms with E-state index in [9.17, 15) is 13.2 Å². The standard InChI is InChI=1S/C25H30N4O3S/c30-25(26-18-22(28-14-7-8-15-28)19-9-3-1-4-10-19)20-12-13-21-23(17-20)33(31,32)27-24-11-5-2-6-16-29(21)24/h1,3-4,9-10,12-13,17,22H,2,5-8,11,14-16,18H2,(H,26,30). The number of nitrogens with one attached hydrogen (secondary N) is 1. The number of anilines is 1. The summed E-state index contributed by atoms with van der Waals surface area (Å²) in [6.07, 6.45) is 6.00. The summed E-state index contributed by atoms with van der Waals surface area (Å²) in [4.78, 5) is 17.6. The monoisotopic (exact) mass is 466 g/mol. The number of rotatable bonds is 5. The lowest BCUT2D eigenvalue weighted by Gasteiger charge is -2.30. The van der Waals surface area contributed by atoms with Gasteiger partial charge in [0.1, 0.15) is 10.7 Å². The Morgan fingerprint density at radius 2 is 1.73 bits per heavy atom. The summed E-state index contributed by atoms with van der Waals surface area (Å²) >= 11 is 0. The number of amides is 1. The average Bonchev–Trinajstić information content (AvgIpc) is 3.25. The number of sulfonamides is 1. The van der Waals surface area contributed by atoms with Crippen LogP contribution < -0.4 is 10.2 Å². The first-order valence-corrected chi connectivity index (χ1v) is 13.3. The summed E-state index contributed by atoms with van der Waals surface area (Å²) in [5, 5.41) is 3.05. The molecule has 2 fully saturated rings. The van der Waals surface area contributed by atoms with Crippen LogP contribution >= 0.6 is 0 Å². The topological polar surface area (TPSA) is 82.1 Å². The van der Waals surface area contributed by atoms with Crippen molar-refractivity contribution in [2.75, 3.05) is 31.1 Å². The molecule has 2 aromatic carbocycles. The highest BCUT2D eigenvalue weighted by atomic mass is 32.2. The second-order valence-electron chi connectivity index (χ2n) is 9.01. The molecule has 0 spiro atoms. The van der Waals surface area contributed by atoms with Crippen molar-refractivity contribution >= 4 is 27.5 Å². The Labute approximate surface area is 195 Å². The second-order valence-corrected chi connectivity index (χ2v) is 10.6. The molecule has 33 heavy (non-hydrogen) atoms. The highest BCUT2D eigenvalue weighted by Crippen LogP contribution is 2.35. The number of hydrogen-bond donors (Lipinski definition) is 1. The largest absolute Gasteiger partial charge is 0.350 e. The van der Waals surface area contributed by atoms with Crippen LogP contribution in [-0.4, -0.2) is 51.2 Å². The fourth-order valence-corrected chi connectivity index (χ4v) is 6.38. The Balaban J connectivity index is 1.37. The van der Waals surface area contributed by atoms with Crippen molar-refractivity contribution in [1.29, 1.82) is 0 Å². The van der Waals surface area contributed by atoms with Crippen LogP contribution in [0.25, 0.3) is 0 Å². The van der Waals surface area contributed by atoms with Crippen molar-refractivity contribution < 1.29 is 13.2 Å². The molecule has 2 saturated heterocycles. The molecule has 2 aromatic rings. The molecule has 0 aliphatic carbocycles. The first-order valence-electron chi connectivity index (χ1n) is 11.9. The molecule has 1 unspecified atom stereocenters. The summed E-state index contributed by atoms with van der Waals surface area (Å²) in [6, 6.07) is 15.3. The number of amidine groups is 1. The van der Waals surface area contributed by atoms with Gasteiger partial charge in [0.05, 0.1) is 11.7 Å². The Hall–Kier alpha value is -2.71. The third-order valence-electron chi connectivity index (χ3n) is 6.83. The van der Waals surface area contributed by atoms with E-state index in [-0.39, 0.29) is 16.8 Å². The minimum Gasteiger partial charge on any atom is -0.350 e. The van der Waals surface area contributed by atoms with Gasteiger partial charge in [-0.05, 0) is 62.5 Å². The molecule has 0 aromatic heterocycles. The van der Waals surface area contributed by atoms with E-state index < -0.39 is 10.0 Å². The molecule has 0 saturated carbocycles. The van der Waals surface area contributed by atoms with Gasteiger partial charge in [0.15, 0.2) is 0 Å². The molecule has 3 heterocycles. The molecule has 3 aliphatic rings. The average molecular weight is 467 g/mol. The van der Waals surface area contributed by atoms with Gasteiger partial charge in [0.2, 0.25) is 0 Å². The van der Waals surface area contributed by atoms with E-state index in [1.54, 1.807) is 12.1 Å². The fraction of sp³-hybridized carbons (Fsp3) is 0.440. The van der Waals surface area contributed by atoms with Crippen molar-refractivity contribution in [1.82, 2.24) is 10.2 Å². The third kappa shape index (κ3) is 4.54. The number of likely N-dealkylation sites (tertiary alicyclic amines) is 1. The molecule has 1 amide bonds. The van der Waals surface area contributed by atoms with E-state index >= 15 is 0 Å². The summed E-state index contributed by atoms with van der Waals surface area (Å²) in [5.74, 6) is 0.354. The maximum absolute atomic E-state index is 13.1. The smallest absolute Gasteiger partial charge is 0.286 e. The van der Waals surface area contributed by atoms with Crippen LogP contribution in [0.5, 0.6) is 0 Å². The van der Waals surface area contributed by atoms with Gasteiger partial charge in [0, 0.05) is 25.1 Å². The molecular weight excluding hydrogens is 436 g/mol. The van der Waals surface area contributed by atoms with Crippen LogP contribution in [-0.2, 0) is 10.0 Å². The zero-order valence-electron chi connectivity index (χ0n) is 18.7. The van der Waals surface area contributed by atoms with Crippen LogP contribution in [0.2, 0.25) is 0 Å². The molecule has 1 N–H and O–H groups in total. The van der Waals surface area contributed by atoms with Gasteiger partial charge < -0.3 is 10.2 Å². The number of benzene rings is 2. The lowest BCUT2D eigenvalue weighted by Crippen LogP contribution is -2.37. The second kappa shape index (κ2) is 9.27. The third-order valence-corrected chi connectivity index (χ3v) is 8.17. The molecule has 3 aliphatic heterocycles. The van der Waals surface area contributed by atoms with Crippen molar-refractivity contribution in [3.8, 4) is 0 Å². The van der Waals surface area contributed by atoms with Crippen LogP contribution in [0.4, 0.5) is 5.69 Å². The van der Waals surface area contributed by atoms with Crippen LogP contribution in [0.1, 0.15) is 60.5 Å². The predicted molar refractivity (Wildman–Crippen MR) is 129 cm³/mol. The Kier molecular flexibility index (Phi) is 6.21. The molecule has 5 rings (SSSR count). The molecule has 174 valence electrons. The summed E-state index contributed by atoms with van der Waals surface area (Å²) in [5.41, 5.74) is 2.16. The maximum atomic E-state index is 13.1. The van der Waals surface area contributed by atoms with Crippen molar-refractivity contribution in [3.05, 3.63) is 59.7 Å². The zero-order valence-corrected chi connectivity index (χ0v) is 19.6. The maximum Gasteiger partial charge on any atom is 0.286 e. The van der Waals surface area contributed by atoms with Gasteiger partial charge in [0.25, 0.3) is 15.9 Å². The summed E-state index contributed by atoms with van der Waals surface area (Å²) in [6.45, 7) is 3.26. The normalized spacial score (nSPS) is 20.8. The lowest BCUT2D eigenvalue weighted by molar-refractivity contribution is 0.0937. The van der Waals surface area contributed by atoms with Gasteiger partial charge in [-0.3, -0.25) is 9.69 Å². The van der Waals surface area contributed by atoms with E-state index in [1.807, 2.05) is 23.1 Å². The lowest BCUT2D eigenvalue weighted by atomic mass is 10.1. The van der Waals surface area contributed by atoms with Crippen LogP contribution in [0, 0.1) is 0 Å². The molecule has 7 nitrogen and oxygen atoms in total. The Morgan fingerprint density at radius 1 is 0.970 bits per heavy atom. The highest BCUT2D eigenvalue weighted by molar-refractivity contribution is 7.90. The van der Waals surface area contributed by atoms with Gasteiger partial charge in [-0.15, -0.1) is 4.40 Å². The van der Waals surface area contributed by atoms with E-state index in [4.69, 9.17) is 0 Å². The minimum absolute atomic E-state index is 0.100. The number of carbonyl (C=O) groups excluding carboxylic acids is 1. The van der Waals surface area contributed by atoms with Crippen LogP contribution in [0.15, 0.2) is 57.8 Å². The number of nitrogens with zero attached hydrogens (tertiary/aromatic N) is 3. The van der Waals surface area contributed by atoms with Gasteiger partial charge in [-0.1, -0.05) is 36.8 Å². The van der Waals surface area contributed by atoms with E-state index in [2.05, 4.69) is 26.7 Å². The van der Waals surface area contributed by atoms with E-state index in [0.717, 1.165) is 38.9 Å². The Morgan fingerprint density at radius 3 is 2.52 bits per heavy atom.